The zero-order valence-electron chi connectivity index (χ0n) is 3.65. The topological polar surface area (TPSA) is 49.8 Å². The molecule has 0 aliphatic heterocycles. The van der Waals surface area contributed by atoms with E-state index in [1.165, 1.54) is 0 Å². The molecule has 1 rings (SSSR count). The van der Waals surface area contributed by atoms with Crippen LogP contribution >= 0.6 is 0 Å². The summed E-state index contributed by atoms with van der Waals surface area (Å²) in [6.45, 7) is 0. The predicted octanol–water partition coefficient (Wildman–Crippen LogP) is -0.241. The first-order valence-corrected chi connectivity index (χ1v) is 2.26. The van der Waals surface area contributed by atoms with Gasteiger partial charge in [-0.05, 0) is 12.8 Å². The van der Waals surface area contributed by atoms with Crippen molar-refractivity contribution in [3.8, 4) is 0 Å². The lowest BCUT2D eigenvalue weighted by atomic mass is 9.89. The third-order valence-corrected chi connectivity index (χ3v) is 1.17. The molecule has 6 heavy (non-hydrogen) atoms. The summed E-state index contributed by atoms with van der Waals surface area (Å²) in [4.78, 5) is 0. The van der Waals surface area contributed by atoms with Crippen LogP contribution in [0.15, 0.2) is 0 Å². The lowest BCUT2D eigenvalue weighted by Gasteiger charge is -2.27. The molecule has 1 radical (unpaired) electrons. The normalized spacial score (nSPS) is 45.0. The van der Waals surface area contributed by atoms with Crippen LogP contribution in [0.25, 0.3) is 0 Å². The fourth-order valence-corrected chi connectivity index (χ4v) is 0.662. The summed E-state index contributed by atoms with van der Waals surface area (Å²) in [5.74, 6) is 0. The molecule has 2 heteroatoms. The SMILES string of the molecule is [NH]C1CC(N)C1. The monoisotopic (exact) mass is 85.1 g/mol. The van der Waals surface area contributed by atoms with Gasteiger partial charge in [-0.25, -0.2) is 0 Å². The average molecular weight is 85.1 g/mol. The summed E-state index contributed by atoms with van der Waals surface area (Å²) >= 11 is 0. The van der Waals surface area contributed by atoms with E-state index in [-0.39, 0.29) is 6.04 Å². The summed E-state index contributed by atoms with van der Waals surface area (Å²) in [6, 6.07) is 0.521. The van der Waals surface area contributed by atoms with Crippen LogP contribution in [0.5, 0.6) is 0 Å². The number of nitrogens with one attached hydrogen (secondary N) is 1. The van der Waals surface area contributed by atoms with E-state index in [1.807, 2.05) is 0 Å². The fraction of sp³-hybridized carbons (Fsp3) is 1.00. The average Bonchev–Trinajstić information content (AvgIpc) is 1.33. The van der Waals surface area contributed by atoms with Crippen molar-refractivity contribution in [3.05, 3.63) is 0 Å². The molecule has 0 amide bonds. The number of rotatable bonds is 0. The van der Waals surface area contributed by atoms with E-state index in [0.717, 1.165) is 12.8 Å². The van der Waals surface area contributed by atoms with E-state index < -0.39 is 0 Å². The summed E-state index contributed by atoms with van der Waals surface area (Å²) in [6.07, 6.45) is 1.83. The van der Waals surface area contributed by atoms with Crippen LogP contribution in [-0.2, 0) is 0 Å². The Morgan fingerprint density at radius 1 is 1.50 bits per heavy atom. The van der Waals surface area contributed by atoms with Crippen molar-refractivity contribution in [1.82, 2.24) is 5.73 Å². The second-order valence-corrected chi connectivity index (χ2v) is 1.93. The molecule has 0 aromatic heterocycles. The molecule has 1 fully saturated rings. The second-order valence-electron chi connectivity index (χ2n) is 1.93. The molecule has 2 nitrogen and oxygen atoms in total. The Bertz CT molecular complexity index is 41.5. The van der Waals surface area contributed by atoms with Crippen LogP contribution in [-0.4, -0.2) is 12.1 Å². The van der Waals surface area contributed by atoms with Gasteiger partial charge in [0.1, 0.15) is 0 Å². The van der Waals surface area contributed by atoms with Gasteiger partial charge in [-0.1, -0.05) is 0 Å². The van der Waals surface area contributed by atoms with Gasteiger partial charge >= 0.3 is 0 Å². The quantitative estimate of drug-likeness (QED) is 0.433. The molecule has 1 saturated carbocycles. The van der Waals surface area contributed by atoms with Gasteiger partial charge in [0.05, 0.1) is 0 Å². The van der Waals surface area contributed by atoms with E-state index in [2.05, 4.69) is 0 Å². The molecule has 0 saturated heterocycles. The molecule has 0 aromatic rings. The molecule has 0 heterocycles. The lowest BCUT2D eigenvalue weighted by Crippen LogP contribution is -2.40. The fourth-order valence-electron chi connectivity index (χ4n) is 0.662. The molecule has 0 aromatic carbocycles. The predicted molar refractivity (Wildman–Crippen MR) is 24.1 cm³/mol. The van der Waals surface area contributed by atoms with Crippen molar-refractivity contribution in [2.45, 2.75) is 24.9 Å². The largest absolute Gasteiger partial charge is 0.328 e. The number of nitrogens with two attached hydrogens (primary N) is 1. The van der Waals surface area contributed by atoms with Gasteiger partial charge in [-0.2, -0.15) is 0 Å². The van der Waals surface area contributed by atoms with Crippen LogP contribution in [0.1, 0.15) is 12.8 Å². The van der Waals surface area contributed by atoms with E-state index >= 15 is 0 Å². The van der Waals surface area contributed by atoms with Crippen molar-refractivity contribution >= 4 is 0 Å². The molecule has 0 unspecified atom stereocenters. The van der Waals surface area contributed by atoms with Crippen molar-refractivity contribution < 1.29 is 0 Å². The minimum atomic E-state index is 0.167. The summed E-state index contributed by atoms with van der Waals surface area (Å²) in [7, 11) is 0. The summed E-state index contributed by atoms with van der Waals surface area (Å²) < 4.78 is 0. The minimum absolute atomic E-state index is 0.167. The molecule has 1 aliphatic carbocycles. The highest BCUT2D eigenvalue weighted by atomic mass is 14.8. The van der Waals surface area contributed by atoms with Gasteiger partial charge in [0.15, 0.2) is 0 Å². The first-order chi connectivity index (χ1) is 2.79. The van der Waals surface area contributed by atoms with Crippen molar-refractivity contribution in [1.29, 1.82) is 0 Å². The van der Waals surface area contributed by atoms with Crippen LogP contribution in [0.2, 0.25) is 0 Å². The highest BCUT2D eigenvalue weighted by Gasteiger charge is 2.21. The second kappa shape index (κ2) is 1.21. The first kappa shape index (κ1) is 4.09. The van der Waals surface area contributed by atoms with E-state index in [9.17, 15) is 0 Å². The summed E-state index contributed by atoms with van der Waals surface area (Å²) in [5.41, 5.74) is 12.3. The van der Waals surface area contributed by atoms with Gasteiger partial charge in [0.2, 0.25) is 0 Å². The third-order valence-electron chi connectivity index (χ3n) is 1.17. The van der Waals surface area contributed by atoms with Gasteiger partial charge in [-0.3, -0.25) is 5.73 Å². The van der Waals surface area contributed by atoms with Gasteiger partial charge in [0, 0.05) is 12.1 Å². The van der Waals surface area contributed by atoms with E-state index in [0.29, 0.717) is 6.04 Å². The van der Waals surface area contributed by atoms with Crippen LogP contribution in [0.4, 0.5) is 0 Å². The maximum absolute atomic E-state index is 6.96. The molecule has 1 aliphatic rings. The Hall–Kier alpha value is -0.0800. The smallest absolute Gasteiger partial charge is 0.0242 e. The standard InChI is InChI=1S/C4H9N2/c5-3-1-4(6)2-3/h3-5H,1-2,6H2. The first-order valence-electron chi connectivity index (χ1n) is 2.26. The maximum Gasteiger partial charge on any atom is 0.0242 e. The molecule has 0 atom stereocenters. The zero-order chi connectivity index (χ0) is 4.57. The van der Waals surface area contributed by atoms with Crippen LogP contribution < -0.4 is 11.5 Å². The summed E-state index contributed by atoms with van der Waals surface area (Å²) in [5, 5.41) is 0. The highest BCUT2D eigenvalue weighted by Crippen LogP contribution is 2.15. The van der Waals surface area contributed by atoms with Gasteiger partial charge in [0.25, 0.3) is 0 Å². The Kier molecular flexibility index (Phi) is 0.821. The Balaban J connectivity index is 2.11. The molecule has 0 bridgehead atoms. The van der Waals surface area contributed by atoms with Crippen molar-refractivity contribution in [2.75, 3.05) is 0 Å². The van der Waals surface area contributed by atoms with Crippen LogP contribution in [0.3, 0.4) is 0 Å². The molecular formula is C4H9N2. The number of hydrogen-bond donors (Lipinski definition) is 1. The third kappa shape index (κ3) is 0.533. The zero-order valence-corrected chi connectivity index (χ0v) is 3.65. The Labute approximate surface area is 37.5 Å². The maximum atomic E-state index is 6.96. The highest BCUT2D eigenvalue weighted by molar-refractivity contribution is 4.83. The molecule has 0 spiro atoms. The van der Waals surface area contributed by atoms with E-state index in [1.54, 1.807) is 0 Å². The minimum Gasteiger partial charge on any atom is -0.328 e. The molecule has 3 N–H and O–H groups in total. The molecule has 35 valence electrons. The van der Waals surface area contributed by atoms with E-state index in [4.69, 9.17) is 11.5 Å². The lowest BCUT2D eigenvalue weighted by molar-refractivity contribution is 0.343. The Morgan fingerprint density at radius 3 is 2.00 bits per heavy atom. The van der Waals surface area contributed by atoms with Crippen LogP contribution in [0, 0.1) is 0 Å². The van der Waals surface area contributed by atoms with Crippen molar-refractivity contribution in [3.63, 3.8) is 0 Å². The van der Waals surface area contributed by atoms with Gasteiger partial charge in [-0.15, -0.1) is 0 Å². The molecular weight excluding hydrogens is 76.1 g/mol. The van der Waals surface area contributed by atoms with Crippen molar-refractivity contribution in [2.24, 2.45) is 5.73 Å². The Morgan fingerprint density at radius 2 is 2.00 bits per heavy atom. The van der Waals surface area contributed by atoms with Gasteiger partial charge < -0.3 is 5.73 Å². The number of hydrogen-bond acceptors (Lipinski definition) is 1.